The Hall–Kier alpha value is -2.22. The van der Waals surface area contributed by atoms with E-state index in [1.165, 1.54) is 17.6 Å². The molecule has 0 bridgehead atoms. The van der Waals surface area contributed by atoms with Crippen molar-refractivity contribution in [3.63, 3.8) is 0 Å². The van der Waals surface area contributed by atoms with E-state index in [4.69, 9.17) is 9.47 Å². The molecule has 1 aliphatic heterocycles. The molecule has 1 heterocycles. The van der Waals surface area contributed by atoms with E-state index in [-0.39, 0.29) is 60.4 Å². The van der Waals surface area contributed by atoms with Gasteiger partial charge in [-0.2, -0.15) is 0 Å². The number of methoxy groups -OCH3 is 1. The van der Waals surface area contributed by atoms with Gasteiger partial charge in [0.15, 0.2) is 5.78 Å². The number of nitrogens with zero attached hydrogens (tertiary/aromatic N) is 1. The molecule has 0 radical (unpaired) electrons. The second-order valence-corrected chi connectivity index (χ2v) is 12.5. The second kappa shape index (κ2) is 9.83. The highest BCUT2D eigenvalue weighted by atomic mass is 16.5. The van der Waals surface area contributed by atoms with Gasteiger partial charge in [-0.15, -0.1) is 0 Å². The average Bonchev–Trinajstić information content (AvgIpc) is 3.42. The number of fused-ring (bicyclic) bond motifs is 5. The van der Waals surface area contributed by atoms with Crippen molar-refractivity contribution in [2.24, 2.45) is 28.6 Å². The first kappa shape index (κ1) is 26.4. The Morgan fingerprint density at radius 2 is 1.84 bits per heavy atom. The lowest BCUT2D eigenvalue weighted by molar-refractivity contribution is -0.161. The van der Waals surface area contributed by atoms with Crippen LogP contribution in [-0.4, -0.2) is 65.5 Å². The SMILES string of the molecule is COC(=O)[C@H]1C[C@H](O)CN1C(=O)CCC(=O)O[C@H]1CC[C@H]2[C@@H]3CCC4=CC(=O)CC[C@]4(C)[C@H]3CC[C@]12C. The number of amides is 1. The fourth-order valence-electron chi connectivity index (χ4n) is 8.72. The third-order valence-electron chi connectivity index (χ3n) is 10.8. The third kappa shape index (κ3) is 4.53. The molecule has 0 aromatic carbocycles. The van der Waals surface area contributed by atoms with Crippen molar-refractivity contribution in [2.75, 3.05) is 13.7 Å². The quantitative estimate of drug-likeness (QED) is 0.559. The fourth-order valence-corrected chi connectivity index (χ4v) is 8.72. The van der Waals surface area contributed by atoms with Gasteiger partial charge in [0.1, 0.15) is 12.1 Å². The van der Waals surface area contributed by atoms with Gasteiger partial charge in [-0.1, -0.05) is 19.4 Å². The summed E-state index contributed by atoms with van der Waals surface area (Å²) in [6.45, 7) is 4.73. The number of ketones is 1. The summed E-state index contributed by atoms with van der Waals surface area (Å²) in [7, 11) is 1.26. The fraction of sp³-hybridized carbons (Fsp3) is 0.793. The number of carbonyl (C=O) groups is 4. The molecule has 37 heavy (non-hydrogen) atoms. The Labute approximate surface area is 219 Å². The summed E-state index contributed by atoms with van der Waals surface area (Å²) in [6, 6.07) is -0.803. The zero-order chi connectivity index (χ0) is 26.5. The van der Waals surface area contributed by atoms with E-state index in [2.05, 4.69) is 13.8 Å². The van der Waals surface area contributed by atoms with E-state index in [1.807, 2.05) is 6.08 Å². The van der Waals surface area contributed by atoms with Gasteiger partial charge in [0.2, 0.25) is 5.91 Å². The zero-order valence-corrected chi connectivity index (χ0v) is 22.4. The molecule has 8 atom stereocenters. The number of likely N-dealkylation sites (tertiary alicyclic amines) is 1. The van der Waals surface area contributed by atoms with Crippen LogP contribution in [0, 0.1) is 28.6 Å². The number of β-amino-alcohol motifs (C(OH)–C–C–N with tert-alkyl or cyclic N) is 1. The lowest BCUT2D eigenvalue weighted by atomic mass is 9.47. The summed E-state index contributed by atoms with van der Waals surface area (Å²) in [6.07, 6.45) is 8.81. The topological polar surface area (TPSA) is 110 Å². The first-order chi connectivity index (χ1) is 17.6. The molecule has 204 valence electrons. The Morgan fingerprint density at radius 3 is 2.59 bits per heavy atom. The first-order valence-corrected chi connectivity index (χ1v) is 14.1. The van der Waals surface area contributed by atoms with Crippen molar-refractivity contribution < 1.29 is 33.8 Å². The van der Waals surface area contributed by atoms with Crippen LogP contribution in [0.1, 0.15) is 84.5 Å². The molecule has 1 saturated heterocycles. The predicted molar refractivity (Wildman–Crippen MR) is 134 cm³/mol. The predicted octanol–water partition coefficient (Wildman–Crippen LogP) is 3.35. The van der Waals surface area contributed by atoms with Crippen LogP contribution < -0.4 is 0 Å². The lowest BCUT2D eigenvalue weighted by Crippen LogP contribution is -2.51. The highest BCUT2D eigenvalue weighted by molar-refractivity contribution is 5.91. The number of hydrogen-bond donors (Lipinski definition) is 1. The van der Waals surface area contributed by atoms with Crippen LogP contribution in [0.25, 0.3) is 0 Å². The normalized spacial score (nSPS) is 40.8. The minimum Gasteiger partial charge on any atom is -0.467 e. The van der Waals surface area contributed by atoms with Crippen LogP contribution >= 0.6 is 0 Å². The summed E-state index contributed by atoms with van der Waals surface area (Å²) >= 11 is 0. The monoisotopic (exact) mass is 515 g/mol. The summed E-state index contributed by atoms with van der Waals surface area (Å²) < 4.78 is 10.8. The van der Waals surface area contributed by atoms with Crippen molar-refractivity contribution >= 4 is 23.6 Å². The highest BCUT2D eigenvalue weighted by Gasteiger charge is 2.60. The number of aliphatic hydroxyl groups is 1. The van der Waals surface area contributed by atoms with Crippen molar-refractivity contribution in [1.29, 1.82) is 0 Å². The van der Waals surface area contributed by atoms with E-state index in [0.29, 0.717) is 24.2 Å². The molecule has 5 rings (SSSR count). The maximum absolute atomic E-state index is 12.8. The molecule has 8 nitrogen and oxygen atoms in total. The molecule has 0 aromatic rings. The van der Waals surface area contributed by atoms with Gasteiger partial charge in [-0.25, -0.2) is 4.79 Å². The molecular weight excluding hydrogens is 474 g/mol. The molecule has 0 unspecified atom stereocenters. The largest absolute Gasteiger partial charge is 0.467 e. The maximum atomic E-state index is 12.8. The molecule has 4 aliphatic carbocycles. The number of aliphatic hydroxyl groups excluding tert-OH is 1. The summed E-state index contributed by atoms with van der Waals surface area (Å²) in [4.78, 5) is 51.0. The van der Waals surface area contributed by atoms with Gasteiger partial charge < -0.3 is 19.5 Å². The van der Waals surface area contributed by atoms with Crippen LogP contribution in [0.3, 0.4) is 0 Å². The minimum absolute atomic E-state index is 0.0388. The number of allylic oxidation sites excluding steroid dienone is 1. The molecule has 0 aromatic heterocycles. The molecular formula is C29H41NO7. The number of rotatable bonds is 5. The summed E-state index contributed by atoms with van der Waals surface area (Å²) in [5.74, 6) is 0.703. The van der Waals surface area contributed by atoms with Crippen LogP contribution in [0.2, 0.25) is 0 Å². The zero-order valence-electron chi connectivity index (χ0n) is 22.4. The number of carbonyl (C=O) groups excluding carboxylic acids is 4. The van der Waals surface area contributed by atoms with Gasteiger partial charge in [0.25, 0.3) is 0 Å². The van der Waals surface area contributed by atoms with E-state index >= 15 is 0 Å². The number of hydrogen-bond acceptors (Lipinski definition) is 7. The van der Waals surface area contributed by atoms with Crippen molar-refractivity contribution in [3.8, 4) is 0 Å². The molecule has 4 fully saturated rings. The van der Waals surface area contributed by atoms with E-state index in [9.17, 15) is 24.3 Å². The van der Waals surface area contributed by atoms with Gasteiger partial charge >= 0.3 is 11.9 Å². The van der Waals surface area contributed by atoms with Gasteiger partial charge in [-0.05, 0) is 74.2 Å². The average molecular weight is 516 g/mol. The van der Waals surface area contributed by atoms with Crippen molar-refractivity contribution in [3.05, 3.63) is 11.6 Å². The first-order valence-electron chi connectivity index (χ1n) is 14.1. The van der Waals surface area contributed by atoms with Crippen LogP contribution in [-0.2, 0) is 28.7 Å². The molecule has 1 N–H and O–H groups in total. The van der Waals surface area contributed by atoms with Crippen LogP contribution in [0.5, 0.6) is 0 Å². The molecule has 1 amide bonds. The Kier molecular flexibility index (Phi) is 7.01. The molecule has 8 heteroatoms. The third-order valence-corrected chi connectivity index (χ3v) is 10.8. The van der Waals surface area contributed by atoms with Crippen LogP contribution in [0.15, 0.2) is 11.6 Å². The Bertz CT molecular complexity index is 1010. The highest BCUT2D eigenvalue weighted by Crippen LogP contribution is 2.65. The Balaban J connectivity index is 1.19. The number of ether oxygens (including phenoxy) is 2. The van der Waals surface area contributed by atoms with Gasteiger partial charge in [0.05, 0.1) is 19.6 Å². The standard InChI is InChI=1S/C29H41NO7/c1-28-12-10-18(31)14-17(28)4-5-20-21-6-7-24(29(21,2)13-11-22(20)28)37-26(34)9-8-25(33)30-16-19(32)15-23(30)27(35)36-3/h14,19-24,32H,4-13,15-16H2,1-3H3/t19-,20-,21-,22-,23+,24-,28-,29-/m0/s1. The molecule has 3 saturated carbocycles. The van der Waals surface area contributed by atoms with Crippen molar-refractivity contribution in [1.82, 2.24) is 4.90 Å². The van der Waals surface area contributed by atoms with Gasteiger partial charge in [0, 0.05) is 31.2 Å². The molecule has 0 spiro atoms. The van der Waals surface area contributed by atoms with Crippen molar-refractivity contribution in [2.45, 2.75) is 103 Å². The minimum atomic E-state index is -0.803. The summed E-state index contributed by atoms with van der Waals surface area (Å²) in [5, 5.41) is 9.93. The lowest BCUT2D eigenvalue weighted by Gasteiger charge is -2.57. The van der Waals surface area contributed by atoms with E-state index in [1.54, 1.807) is 0 Å². The second-order valence-electron chi connectivity index (χ2n) is 12.5. The summed E-state index contributed by atoms with van der Waals surface area (Å²) in [5.41, 5.74) is 1.43. The smallest absolute Gasteiger partial charge is 0.328 e. The Morgan fingerprint density at radius 1 is 1.05 bits per heavy atom. The van der Waals surface area contributed by atoms with Crippen LogP contribution in [0.4, 0.5) is 0 Å². The van der Waals surface area contributed by atoms with E-state index in [0.717, 1.165) is 44.9 Å². The van der Waals surface area contributed by atoms with Gasteiger partial charge in [-0.3, -0.25) is 14.4 Å². The maximum Gasteiger partial charge on any atom is 0.328 e. The molecule has 5 aliphatic rings. The van der Waals surface area contributed by atoms with E-state index < -0.39 is 18.1 Å². The number of esters is 2.